The van der Waals surface area contributed by atoms with Crippen LogP contribution in [0.2, 0.25) is 5.02 Å². The highest BCUT2D eigenvalue weighted by atomic mass is 35.5. The van der Waals surface area contributed by atoms with E-state index in [0.29, 0.717) is 29.4 Å². The van der Waals surface area contributed by atoms with Crippen LogP contribution in [0.25, 0.3) is 6.08 Å². The smallest absolute Gasteiger partial charge is 0.331 e. The molecule has 0 spiro atoms. The Morgan fingerprint density at radius 1 is 1.00 bits per heavy atom. The van der Waals surface area contributed by atoms with E-state index in [0.717, 1.165) is 23.7 Å². The molecule has 0 radical (unpaired) electrons. The summed E-state index contributed by atoms with van der Waals surface area (Å²) in [5.74, 6) is -1.36. The average Bonchev–Trinajstić information content (AvgIpc) is 2.76. The van der Waals surface area contributed by atoms with Crippen molar-refractivity contribution in [1.29, 1.82) is 0 Å². The number of amides is 4. The SMILES string of the molecule is O=C1NC(=O)N(Cc2ccccc2Cl)C(=O)C1=Cc1ccc(N2CCOCC2)cc1. The molecule has 2 aromatic rings. The second kappa shape index (κ2) is 8.69. The van der Waals surface area contributed by atoms with Crippen molar-refractivity contribution in [2.75, 3.05) is 31.2 Å². The highest BCUT2D eigenvalue weighted by Crippen LogP contribution is 2.22. The third kappa shape index (κ3) is 4.22. The van der Waals surface area contributed by atoms with Crippen LogP contribution in [-0.4, -0.2) is 49.0 Å². The van der Waals surface area contributed by atoms with Gasteiger partial charge in [0.25, 0.3) is 11.8 Å². The molecule has 8 heteroatoms. The van der Waals surface area contributed by atoms with E-state index in [4.69, 9.17) is 16.3 Å². The Balaban J connectivity index is 1.55. The minimum absolute atomic E-state index is 0.0229. The summed E-state index contributed by atoms with van der Waals surface area (Å²) in [5, 5.41) is 2.67. The lowest BCUT2D eigenvalue weighted by Crippen LogP contribution is -2.53. The quantitative estimate of drug-likeness (QED) is 0.602. The summed E-state index contributed by atoms with van der Waals surface area (Å²) in [6.07, 6.45) is 1.49. The number of hydrogen-bond donors (Lipinski definition) is 1. The zero-order chi connectivity index (χ0) is 21.1. The fourth-order valence-corrected chi connectivity index (χ4v) is 3.60. The molecule has 0 atom stereocenters. The highest BCUT2D eigenvalue weighted by Gasteiger charge is 2.35. The van der Waals surface area contributed by atoms with Gasteiger partial charge in [-0.3, -0.25) is 19.8 Å². The van der Waals surface area contributed by atoms with Crippen LogP contribution in [0, 0.1) is 0 Å². The molecule has 2 aromatic carbocycles. The van der Waals surface area contributed by atoms with Gasteiger partial charge in [0.1, 0.15) is 5.57 Å². The van der Waals surface area contributed by atoms with Crippen molar-refractivity contribution in [3.63, 3.8) is 0 Å². The van der Waals surface area contributed by atoms with Crippen LogP contribution in [-0.2, 0) is 20.9 Å². The first-order chi connectivity index (χ1) is 14.5. The van der Waals surface area contributed by atoms with E-state index in [1.54, 1.807) is 24.3 Å². The normalized spacial score (nSPS) is 18.7. The number of imide groups is 2. The Hall–Kier alpha value is -3.16. The first kappa shape index (κ1) is 20.1. The number of carbonyl (C=O) groups is 3. The number of benzene rings is 2. The zero-order valence-corrected chi connectivity index (χ0v) is 16.9. The summed E-state index contributed by atoms with van der Waals surface area (Å²) in [5.41, 5.74) is 2.26. The van der Waals surface area contributed by atoms with E-state index in [9.17, 15) is 14.4 Å². The molecule has 0 saturated carbocycles. The second-order valence-corrected chi connectivity index (χ2v) is 7.40. The van der Waals surface area contributed by atoms with Gasteiger partial charge in [0.2, 0.25) is 0 Å². The molecule has 0 unspecified atom stereocenters. The number of carbonyl (C=O) groups excluding carboxylic acids is 3. The summed E-state index contributed by atoms with van der Waals surface area (Å²) in [7, 11) is 0. The number of urea groups is 1. The Kier molecular flexibility index (Phi) is 5.83. The number of nitrogens with zero attached hydrogens (tertiary/aromatic N) is 2. The standard InChI is InChI=1S/C22H20ClN3O4/c23-19-4-2-1-3-16(19)14-26-21(28)18(20(27)24-22(26)29)13-15-5-7-17(8-6-15)25-9-11-30-12-10-25/h1-8,13H,9-12,14H2,(H,24,27,29). The second-order valence-electron chi connectivity index (χ2n) is 6.99. The molecule has 30 heavy (non-hydrogen) atoms. The molecule has 2 saturated heterocycles. The number of halogens is 1. The molecule has 2 fully saturated rings. The minimum atomic E-state index is -0.760. The third-order valence-corrected chi connectivity index (χ3v) is 5.42. The Morgan fingerprint density at radius 2 is 1.70 bits per heavy atom. The van der Waals surface area contributed by atoms with Gasteiger partial charge < -0.3 is 9.64 Å². The van der Waals surface area contributed by atoms with Gasteiger partial charge in [-0.1, -0.05) is 41.9 Å². The van der Waals surface area contributed by atoms with Crippen molar-refractivity contribution in [3.8, 4) is 0 Å². The van der Waals surface area contributed by atoms with Gasteiger partial charge in [-0.15, -0.1) is 0 Å². The van der Waals surface area contributed by atoms with Crippen molar-refractivity contribution >= 4 is 41.2 Å². The van der Waals surface area contributed by atoms with Crippen LogP contribution in [0.4, 0.5) is 10.5 Å². The van der Waals surface area contributed by atoms with Crippen molar-refractivity contribution in [2.45, 2.75) is 6.54 Å². The lowest BCUT2D eigenvalue weighted by atomic mass is 10.1. The van der Waals surface area contributed by atoms with Crippen LogP contribution in [0.3, 0.4) is 0 Å². The fraction of sp³-hybridized carbons (Fsp3) is 0.227. The molecule has 1 N–H and O–H groups in total. The third-order valence-electron chi connectivity index (χ3n) is 5.05. The summed E-state index contributed by atoms with van der Waals surface area (Å²) in [4.78, 5) is 40.6. The Bertz CT molecular complexity index is 1010. The fourth-order valence-electron chi connectivity index (χ4n) is 3.40. The maximum absolute atomic E-state index is 12.9. The van der Waals surface area contributed by atoms with E-state index in [2.05, 4.69) is 10.2 Å². The number of morpholine rings is 1. The number of hydrogen-bond acceptors (Lipinski definition) is 5. The summed E-state index contributed by atoms with van der Waals surface area (Å²) < 4.78 is 5.36. The summed E-state index contributed by atoms with van der Waals surface area (Å²) in [6.45, 7) is 3.00. The van der Waals surface area contributed by atoms with Crippen LogP contribution in [0.15, 0.2) is 54.1 Å². The first-order valence-corrected chi connectivity index (χ1v) is 9.96. The molecular formula is C22H20ClN3O4. The number of anilines is 1. The largest absolute Gasteiger partial charge is 0.378 e. The molecule has 0 bridgehead atoms. The lowest BCUT2D eigenvalue weighted by Gasteiger charge is -2.29. The van der Waals surface area contributed by atoms with Crippen molar-refractivity contribution in [1.82, 2.24) is 10.2 Å². The number of ether oxygens (including phenoxy) is 1. The van der Waals surface area contributed by atoms with Crippen LogP contribution < -0.4 is 10.2 Å². The Morgan fingerprint density at radius 3 is 2.40 bits per heavy atom. The van der Waals surface area contributed by atoms with Gasteiger partial charge in [0.15, 0.2) is 0 Å². The van der Waals surface area contributed by atoms with E-state index in [1.807, 2.05) is 24.3 Å². The molecule has 0 aliphatic carbocycles. The zero-order valence-electron chi connectivity index (χ0n) is 16.1. The van der Waals surface area contributed by atoms with Gasteiger partial charge in [0.05, 0.1) is 19.8 Å². The predicted octanol–water partition coefficient (Wildman–Crippen LogP) is 2.84. The predicted molar refractivity (Wildman–Crippen MR) is 113 cm³/mol. The molecular weight excluding hydrogens is 406 g/mol. The monoisotopic (exact) mass is 425 g/mol. The topological polar surface area (TPSA) is 79.0 Å². The maximum atomic E-state index is 12.9. The Labute approximate surface area is 178 Å². The maximum Gasteiger partial charge on any atom is 0.331 e. The van der Waals surface area contributed by atoms with E-state index in [-0.39, 0.29) is 12.1 Å². The van der Waals surface area contributed by atoms with Crippen LogP contribution in [0.1, 0.15) is 11.1 Å². The minimum Gasteiger partial charge on any atom is -0.378 e. The number of rotatable bonds is 4. The van der Waals surface area contributed by atoms with Gasteiger partial charge in [-0.2, -0.15) is 0 Å². The molecule has 154 valence electrons. The first-order valence-electron chi connectivity index (χ1n) is 9.58. The van der Waals surface area contributed by atoms with Crippen molar-refractivity contribution < 1.29 is 19.1 Å². The van der Waals surface area contributed by atoms with E-state index in [1.165, 1.54) is 6.08 Å². The molecule has 0 aromatic heterocycles. The van der Waals surface area contributed by atoms with Gasteiger partial charge >= 0.3 is 6.03 Å². The van der Waals surface area contributed by atoms with Crippen LogP contribution >= 0.6 is 11.6 Å². The molecule has 7 nitrogen and oxygen atoms in total. The molecule has 2 aliphatic heterocycles. The highest BCUT2D eigenvalue weighted by molar-refractivity contribution is 6.32. The van der Waals surface area contributed by atoms with E-state index < -0.39 is 17.8 Å². The van der Waals surface area contributed by atoms with Gasteiger partial charge in [-0.05, 0) is 35.4 Å². The molecule has 4 rings (SSSR count). The average molecular weight is 426 g/mol. The number of nitrogens with one attached hydrogen (secondary N) is 1. The summed E-state index contributed by atoms with van der Waals surface area (Å²) in [6, 6.07) is 13.7. The van der Waals surface area contributed by atoms with Gasteiger partial charge in [0, 0.05) is 23.8 Å². The van der Waals surface area contributed by atoms with Crippen molar-refractivity contribution in [3.05, 3.63) is 70.3 Å². The van der Waals surface area contributed by atoms with Crippen molar-refractivity contribution in [2.24, 2.45) is 0 Å². The molecule has 2 aliphatic rings. The summed E-state index contributed by atoms with van der Waals surface area (Å²) >= 11 is 6.15. The number of barbiturate groups is 1. The van der Waals surface area contributed by atoms with Gasteiger partial charge in [-0.25, -0.2) is 4.79 Å². The van der Waals surface area contributed by atoms with Crippen LogP contribution in [0.5, 0.6) is 0 Å². The molecule has 2 heterocycles. The molecule has 4 amide bonds. The lowest BCUT2D eigenvalue weighted by molar-refractivity contribution is -0.130. The van der Waals surface area contributed by atoms with E-state index >= 15 is 0 Å².